The number of hydrazone groups is 1. The monoisotopic (exact) mass is 311 g/mol. The van der Waals surface area contributed by atoms with E-state index in [9.17, 15) is 0 Å². The predicted molar refractivity (Wildman–Crippen MR) is 102 cm³/mol. The summed E-state index contributed by atoms with van der Waals surface area (Å²) < 4.78 is 0. The zero-order valence-electron chi connectivity index (χ0n) is 13.5. The van der Waals surface area contributed by atoms with Crippen molar-refractivity contribution in [3.05, 3.63) is 103 Å². The number of pyridine rings is 1. The van der Waals surface area contributed by atoms with Crippen LogP contribution in [0.5, 0.6) is 0 Å². The van der Waals surface area contributed by atoms with Gasteiger partial charge in [0.2, 0.25) is 0 Å². The third-order valence-electron chi connectivity index (χ3n) is 3.74. The van der Waals surface area contributed by atoms with Crippen LogP contribution in [0.3, 0.4) is 0 Å². The predicted octanol–water partition coefficient (Wildman–Crippen LogP) is 3.76. The van der Waals surface area contributed by atoms with Crippen molar-refractivity contribution in [2.75, 3.05) is 6.54 Å². The molecule has 0 aromatic carbocycles. The molecular formula is C20H18BN3. The number of hydrogen-bond donors (Lipinski definition) is 0. The van der Waals surface area contributed by atoms with Gasteiger partial charge in [0.05, 0.1) is 0 Å². The van der Waals surface area contributed by atoms with Crippen LogP contribution in [0.4, 0.5) is 0 Å². The molecule has 3 rings (SSSR count). The van der Waals surface area contributed by atoms with Gasteiger partial charge in [-0.05, 0) is 0 Å². The molecule has 1 aliphatic rings. The minimum atomic E-state index is 0.551. The molecule has 3 heterocycles. The molecule has 1 aliphatic heterocycles. The van der Waals surface area contributed by atoms with Gasteiger partial charge in [-0.2, -0.15) is 0 Å². The molecule has 0 saturated heterocycles. The number of rotatable bonds is 5. The van der Waals surface area contributed by atoms with Crippen molar-refractivity contribution < 1.29 is 0 Å². The first-order valence-corrected chi connectivity index (χ1v) is 7.74. The van der Waals surface area contributed by atoms with E-state index >= 15 is 0 Å². The summed E-state index contributed by atoms with van der Waals surface area (Å²) in [4.78, 5) is 4.51. The molecule has 3 nitrogen and oxygen atoms in total. The van der Waals surface area contributed by atoms with Crippen molar-refractivity contribution in [3.63, 3.8) is 0 Å². The third kappa shape index (κ3) is 3.18. The van der Waals surface area contributed by atoms with Crippen molar-refractivity contribution in [1.82, 2.24) is 9.99 Å². The SMILES string of the molecule is C=C/C=C\C(=C)CN1N=C(c2bcccc2)c2cccnc2C1=C. The van der Waals surface area contributed by atoms with Crippen LogP contribution < -0.4 is 0 Å². The molecule has 0 radical (unpaired) electrons. The van der Waals surface area contributed by atoms with Crippen molar-refractivity contribution in [2.45, 2.75) is 0 Å². The second-order valence-corrected chi connectivity index (χ2v) is 5.47. The molecule has 24 heavy (non-hydrogen) atoms. The van der Waals surface area contributed by atoms with E-state index in [2.05, 4.69) is 24.7 Å². The van der Waals surface area contributed by atoms with E-state index in [-0.39, 0.29) is 0 Å². The van der Waals surface area contributed by atoms with E-state index in [1.165, 1.54) is 0 Å². The van der Waals surface area contributed by atoms with E-state index in [4.69, 9.17) is 5.10 Å². The number of hydrogen-bond acceptors (Lipinski definition) is 3. The number of aromatic nitrogens is 1. The van der Waals surface area contributed by atoms with Crippen molar-refractivity contribution in [2.24, 2.45) is 5.10 Å². The molecule has 0 N–H and O–H groups in total. The summed E-state index contributed by atoms with van der Waals surface area (Å²) in [5, 5.41) is 6.67. The van der Waals surface area contributed by atoms with Crippen LogP contribution in [0.25, 0.3) is 5.70 Å². The fourth-order valence-electron chi connectivity index (χ4n) is 2.57. The second kappa shape index (κ2) is 7.05. The molecular weight excluding hydrogens is 293 g/mol. The molecule has 116 valence electrons. The molecule has 0 amide bonds. The number of nitrogens with zero attached hydrogens (tertiary/aromatic N) is 3. The molecule has 4 heteroatoms. The van der Waals surface area contributed by atoms with E-state index < -0.39 is 0 Å². The third-order valence-corrected chi connectivity index (χ3v) is 3.74. The van der Waals surface area contributed by atoms with Crippen LogP contribution in [0, 0.1) is 0 Å². The summed E-state index contributed by atoms with van der Waals surface area (Å²) in [6.45, 7) is 14.5. The van der Waals surface area contributed by atoms with Crippen LogP contribution in [0.15, 0.2) is 91.1 Å². The second-order valence-electron chi connectivity index (χ2n) is 5.47. The van der Waals surface area contributed by atoms with Gasteiger partial charge >= 0.3 is 143 Å². The van der Waals surface area contributed by atoms with Gasteiger partial charge in [0.15, 0.2) is 0 Å². The average Bonchev–Trinajstić information content (AvgIpc) is 2.63. The van der Waals surface area contributed by atoms with Crippen LogP contribution >= 0.6 is 0 Å². The molecule has 0 atom stereocenters. The standard InChI is InChI=1S/C20H18BN3/c1-4-5-9-15(2)14-24-16(3)19-17(10-8-13-22-19)20(23-24)18-11-6-7-12-21-18/h4-13H,1-3,14H2/b9-5-. The molecule has 0 bridgehead atoms. The van der Waals surface area contributed by atoms with E-state index in [0.717, 1.165) is 33.7 Å². The summed E-state index contributed by atoms with van der Waals surface area (Å²) in [5.41, 5.74) is 5.50. The van der Waals surface area contributed by atoms with E-state index in [1.54, 1.807) is 12.3 Å². The van der Waals surface area contributed by atoms with Gasteiger partial charge in [0.1, 0.15) is 0 Å². The van der Waals surface area contributed by atoms with Crippen LogP contribution in [-0.2, 0) is 0 Å². The molecule has 2 aromatic rings. The Morgan fingerprint density at radius 1 is 1.25 bits per heavy atom. The first kappa shape index (κ1) is 15.9. The molecule has 0 fully saturated rings. The first-order valence-electron chi connectivity index (χ1n) is 7.74. The van der Waals surface area contributed by atoms with Gasteiger partial charge in [0.25, 0.3) is 0 Å². The molecule has 0 unspecified atom stereocenters. The summed E-state index contributed by atoms with van der Waals surface area (Å²) in [5.74, 6) is 2.01. The first-order chi connectivity index (χ1) is 11.7. The fourth-order valence-corrected chi connectivity index (χ4v) is 2.57. The van der Waals surface area contributed by atoms with Crippen molar-refractivity contribution >= 4 is 18.3 Å². The molecule has 0 spiro atoms. The van der Waals surface area contributed by atoms with E-state index in [0.29, 0.717) is 6.54 Å². The number of allylic oxidation sites excluding steroid dienone is 2. The van der Waals surface area contributed by atoms with Crippen molar-refractivity contribution in [1.29, 1.82) is 0 Å². The zero-order valence-corrected chi connectivity index (χ0v) is 13.5. The zero-order chi connectivity index (χ0) is 16.9. The van der Waals surface area contributed by atoms with Crippen LogP contribution in [0.2, 0.25) is 0 Å². The molecule has 0 aliphatic carbocycles. The summed E-state index contributed by atoms with van der Waals surface area (Å²) in [6.07, 6.45) is 7.29. The summed E-state index contributed by atoms with van der Waals surface area (Å²) >= 11 is 0. The number of fused-ring (bicyclic) bond motifs is 1. The maximum atomic E-state index is 4.81. The van der Waals surface area contributed by atoms with Crippen molar-refractivity contribution in [3.8, 4) is 0 Å². The topological polar surface area (TPSA) is 28.5 Å². The summed E-state index contributed by atoms with van der Waals surface area (Å²) in [7, 11) is 0. The average molecular weight is 311 g/mol. The Morgan fingerprint density at radius 2 is 2.12 bits per heavy atom. The van der Waals surface area contributed by atoms with Gasteiger partial charge < -0.3 is 0 Å². The Balaban J connectivity index is 2.03. The van der Waals surface area contributed by atoms with Gasteiger partial charge in [0, 0.05) is 0 Å². The maximum absolute atomic E-state index is 4.81. The van der Waals surface area contributed by atoms with Crippen LogP contribution in [-0.4, -0.2) is 29.2 Å². The Labute approximate surface area is 143 Å². The molecule has 2 aromatic heterocycles. The van der Waals surface area contributed by atoms with Gasteiger partial charge in [-0.25, -0.2) is 0 Å². The Hall–Kier alpha value is -3.01. The Kier molecular flexibility index (Phi) is 4.66. The minimum absolute atomic E-state index is 0.551. The van der Waals surface area contributed by atoms with Crippen LogP contribution in [0.1, 0.15) is 16.7 Å². The summed E-state index contributed by atoms with van der Waals surface area (Å²) in [6, 6.07) is 10.0. The van der Waals surface area contributed by atoms with Gasteiger partial charge in [-0.3, -0.25) is 0 Å². The Morgan fingerprint density at radius 3 is 2.88 bits per heavy atom. The normalized spacial score (nSPS) is 13.4. The molecule has 0 saturated carbocycles. The van der Waals surface area contributed by atoms with E-state index in [1.807, 2.05) is 60.4 Å². The Bertz CT molecular complexity index is 850. The fraction of sp³-hybridized carbons (Fsp3) is 0.0500. The van der Waals surface area contributed by atoms with Gasteiger partial charge in [-0.15, -0.1) is 0 Å². The quantitative estimate of drug-likeness (QED) is 0.787. The van der Waals surface area contributed by atoms with Gasteiger partial charge in [-0.1, -0.05) is 0 Å².